The summed E-state index contributed by atoms with van der Waals surface area (Å²) < 4.78 is 0. The first-order valence-corrected chi connectivity index (χ1v) is 6.77. The van der Waals surface area contributed by atoms with E-state index < -0.39 is 0 Å². The lowest BCUT2D eigenvalue weighted by Gasteiger charge is -2.01. The summed E-state index contributed by atoms with van der Waals surface area (Å²) in [5, 5.41) is 4.96. The monoisotopic (exact) mass is 280 g/mol. The van der Waals surface area contributed by atoms with Crippen molar-refractivity contribution in [2.45, 2.75) is 0 Å². The number of hydrogen-bond donors (Lipinski definition) is 2. The number of nitrogens with one attached hydrogen (secondary N) is 1. The lowest BCUT2D eigenvalue weighted by molar-refractivity contribution is 0.154. The fraction of sp³-hybridized carbons (Fsp3) is 0.125. The molecule has 3 N–H and O–H groups in total. The van der Waals surface area contributed by atoms with E-state index in [0.717, 1.165) is 27.9 Å². The van der Waals surface area contributed by atoms with Crippen LogP contribution in [0.3, 0.4) is 0 Å². The van der Waals surface area contributed by atoms with Gasteiger partial charge in [0, 0.05) is 23.7 Å². The fourth-order valence-electron chi connectivity index (χ4n) is 2.16. The molecule has 0 bridgehead atoms. The van der Waals surface area contributed by atoms with E-state index in [9.17, 15) is 0 Å². The van der Waals surface area contributed by atoms with Gasteiger partial charge in [-0.05, 0) is 12.1 Å². The Morgan fingerprint density at radius 1 is 1.24 bits per heavy atom. The van der Waals surface area contributed by atoms with Crippen molar-refractivity contribution in [2.75, 3.05) is 13.2 Å². The number of H-pyrrole nitrogens is 1. The normalized spacial score (nSPS) is 11.3. The molecule has 3 aromatic rings. The standard InChI is InChI=1S/C16H16N4O/c17-7-9-21-19-11-14-10-13-6-8-18-15(16(13)20-14)12-4-2-1-3-5-12/h1-6,8,10-11,20H,7,9,17H2. The van der Waals surface area contributed by atoms with E-state index in [-0.39, 0.29) is 0 Å². The van der Waals surface area contributed by atoms with Crippen LogP contribution in [0.4, 0.5) is 0 Å². The van der Waals surface area contributed by atoms with Crippen LogP contribution in [0.25, 0.3) is 22.2 Å². The Kier molecular flexibility index (Phi) is 3.93. The van der Waals surface area contributed by atoms with Crippen LogP contribution in [0.1, 0.15) is 5.69 Å². The average molecular weight is 280 g/mol. The number of nitrogens with zero attached hydrogens (tertiary/aromatic N) is 2. The highest BCUT2D eigenvalue weighted by Crippen LogP contribution is 2.25. The summed E-state index contributed by atoms with van der Waals surface area (Å²) in [6.07, 6.45) is 3.45. The number of hydrogen-bond acceptors (Lipinski definition) is 4. The Labute approximate surface area is 122 Å². The van der Waals surface area contributed by atoms with Gasteiger partial charge in [0.05, 0.1) is 23.1 Å². The number of aromatic nitrogens is 2. The summed E-state index contributed by atoms with van der Waals surface area (Å²) in [6, 6.07) is 14.1. The maximum absolute atomic E-state index is 5.34. The highest BCUT2D eigenvalue weighted by atomic mass is 16.6. The molecule has 21 heavy (non-hydrogen) atoms. The van der Waals surface area contributed by atoms with Gasteiger partial charge >= 0.3 is 0 Å². The van der Waals surface area contributed by atoms with Crippen LogP contribution in [0.2, 0.25) is 0 Å². The van der Waals surface area contributed by atoms with Gasteiger partial charge < -0.3 is 15.6 Å². The number of fused-ring (bicyclic) bond motifs is 1. The Balaban J connectivity index is 1.96. The molecule has 3 rings (SSSR count). The van der Waals surface area contributed by atoms with Crippen LogP contribution < -0.4 is 5.73 Å². The van der Waals surface area contributed by atoms with Crippen molar-refractivity contribution in [3.8, 4) is 11.3 Å². The summed E-state index contributed by atoms with van der Waals surface area (Å²) in [7, 11) is 0. The van der Waals surface area contributed by atoms with Crippen LogP contribution in [0, 0.1) is 0 Å². The van der Waals surface area contributed by atoms with Gasteiger partial charge in [0.25, 0.3) is 0 Å². The first-order chi connectivity index (χ1) is 10.4. The first-order valence-electron chi connectivity index (χ1n) is 6.77. The molecular formula is C16H16N4O. The van der Waals surface area contributed by atoms with E-state index >= 15 is 0 Å². The highest BCUT2D eigenvalue weighted by molar-refractivity contribution is 5.96. The number of nitrogens with two attached hydrogens (primary N) is 1. The molecule has 0 unspecified atom stereocenters. The van der Waals surface area contributed by atoms with Crippen molar-refractivity contribution >= 4 is 17.1 Å². The molecule has 0 amide bonds. The lowest BCUT2D eigenvalue weighted by Crippen LogP contribution is -2.05. The minimum atomic E-state index is 0.410. The molecule has 0 fully saturated rings. The summed E-state index contributed by atoms with van der Waals surface area (Å²) >= 11 is 0. The summed E-state index contributed by atoms with van der Waals surface area (Å²) in [6.45, 7) is 0.861. The average Bonchev–Trinajstić information content (AvgIpc) is 2.95. The molecule has 0 radical (unpaired) electrons. The van der Waals surface area contributed by atoms with Crippen molar-refractivity contribution in [3.05, 3.63) is 54.4 Å². The molecule has 0 aliphatic carbocycles. The van der Waals surface area contributed by atoms with E-state index in [4.69, 9.17) is 10.6 Å². The number of benzene rings is 1. The second kappa shape index (κ2) is 6.19. The quantitative estimate of drug-likeness (QED) is 0.428. The van der Waals surface area contributed by atoms with Gasteiger partial charge in [-0.2, -0.15) is 0 Å². The van der Waals surface area contributed by atoms with Crippen molar-refractivity contribution in [3.63, 3.8) is 0 Å². The third kappa shape index (κ3) is 2.93. The minimum absolute atomic E-state index is 0.410. The van der Waals surface area contributed by atoms with Gasteiger partial charge in [0.15, 0.2) is 0 Å². The van der Waals surface area contributed by atoms with Crippen LogP contribution in [0.15, 0.2) is 53.8 Å². The maximum atomic E-state index is 5.34. The third-order valence-corrected chi connectivity index (χ3v) is 3.09. The zero-order valence-corrected chi connectivity index (χ0v) is 11.5. The van der Waals surface area contributed by atoms with E-state index in [1.165, 1.54) is 0 Å². The van der Waals surface area contributed by atoms with Gasteiger partial charge in [0.2, 0.25) is 0 Å². The van der Waals surface area contributed by atoms with Crippen molar-refractivity contribution < 1.29 is 4.84 Å². The molecule has 0 spiro atoms. The van der Waals surface area contributed by atoms with Crippen molar-refractivity contribution in [1.82, 2.24) is 9.97 Å². The van der Waals surface area contributed by atoms with E-state index in [2.05, 4.69) is 15.1 Å². The smallest absolute Gasteiger partial charge is 0.129 e. The van der Waals surface area contributed by atoms with E-state index in [1.807, 2.05) is 48.7 Å². The van der Waals surface area contributed by atoms with Gasteiger partial charge in [0.1, 0.15) is 6.61 Å². The molecule has 0 atom stereocenters. The second-order valence-electron chi connectivity index (χ2n) is 4.57. The number of rotatable bonds is 5. The van der Waals surface area contributed by atoms with Crippen LogP contribution in [-0.2, 0) is 4.84 Å². The van der Waals surface area contributed by atoms with Gasteiger partial charge in [-0.15, -0.1) is 0 Å². The Bertz CT molecular complexity index is 749. The van der Waals surface area contributed by atoms with Gasteiger partial charge in [-0.3, -0.25) is 4.98 Å². The minimum Gasteiger partial charge on any atom is -0.394 e. The molecule has 0 saturated heterocycles. The summed E-state index contributed by atoms with van der Waals surface area (Å²) in [4.78, 5) is 12.8. The lowest BCUT2D eigenvalue weighted by atomic mass is 10.1. The molecule has 5 heteroatoms. The van der Waals surface area contributed by atoms with Gasteiger partial charge in [-0.1, -0.05) is 35.5 Å². The zero-order chi connectivity index (χ0) is 14.5. The molecule has 2 aromatic heterocycles. The molecule has 0 aliphatic heterocycles. The van der Waals surface area contributed by atoms with Crippen molar-refractivity contribution in [1.29, 1.82) is 0 Å². The van der Waals surface area contributed by atoms with Crippen LogP contribution in [0.5, 0.6) is 0 Å². The third-order valence-electron chi connectivity index (χ3n) is 3.09. The second-order valence-corrected chi connectivity index (χ2v) is 4.57. The molecular weight excluding hydrogens is 264 g/mol. The van der Waals surface area contributed by atoms with E-state index in [1.54, 1.807) is 6.21 Å². The van der Waals surface area contributed by atoms with Crippen LogP contribution in [-0.4, -0.2) is 29.3 Å². The molecule has 106 valence electrons. The Morgan fingerprint density at radius 2 is 2.10 bits per heavy atom. The molecule has 1 aromatic carbocycles. The predicted molar refractivity (Wildman–Crippen MR) is 84.1 cm³/mol. The topological polar surface area (TPSA) is 76.3 Å². The summed E-state index contributed by atoms with van der Waals surface area (Å²) in [5.41, 5.74) is 9.20. The summed E-state index contributed by atoms with van der Waals surface area (Å²) in [5.74, 6) is 0. The zero-order valence-electron chi connectivity index (χ0n) is 11.5. The Morgan fingerprint density at radius 3 is 2.90 bits per heavy atom. The highest BCUT2D eigenvalue weighted by Gasteiger charge is 2.07. The van der Waals surface area contributed by atoms with Gasteiger partial charge in [-0.25, -0.2) is 0 Å². The maximum Gasteiger partial charge on any atom is 0.129 e. The van der Waals surface area contributed by atoms with Crippen molar-refractivity contribution in [2.24, 2.45) is 10.9 Å². The first kappa shape index (κ1) is 13.3. The predicted octanol–water partition coefficient (Wildman–Crippen LogP) is 2.54. The molecule has 2 heterocycles. The SMILES string of the molecule is NCCON=Cc1cc2ccnc(-c3ccccc3)c2[nH]1. The number of pyridine rings is 1. The molecule has 0 aliphatic rings. The van der Waals surface area contributed by atoms with E-state index in [0.29, 0.717) is 13.2 Å². The number of oxime groups is 1. The molecule has 5 nitrogen and oxygen atoms in total. The molecule has 0 saturated carbocycles. The van der Waals surface area contributed by atoms with Crippen LogP contribution >= 0.6 is 0 Å². The largest absolute Gasteiger partial charge is 0.394 e. The fourth-order valence-corrected chi connectivity index (χ4v) is 2.16. The Hall–Kier alpha value is -2.66. The number of aromatic amines is 1.